The number of aromatic carboxylic acids is 1. The molecule has 0 aromatic heterocycles. The number of amides is 1. The summed E-state index contributed by atoms with van der Waals surface area (Å²) in [5.74, 6) is -1.42. The normalized spacial score (nSPS) is 10.4. The first kappa shape index (κ1) is 17.4. The van der Waals surface area contributed by atoms with Crippen LogP contribution in [0.15, 0.2) is 66.7 Å². The molecule has 4 nitrogen and oxygen atoms in total. The summed E-state index contributed by atoms with van der Waals surface area (Å²) >= 11 is 0. The second-order valence-corrected chi connectivity index (χ2v) is 6.13. The Morgan fingerprint density at radius 1 is 0.846 bits per heavy atom. The predicted octanol–water partition coefficient (Wildman–Crippen LogP) is 4.92. The summed E-state index contributed by atoms with van der Waals surface area (Å²) in [6, 6.07) is 19.8. The van der Waals surface area contributed by atoms with E-state index in [1.165, 1.54) is 17.2 Å². The molecule has 3 aromatic carbocycles. The van der Waals surface area contributed by atoms with Gasteiger partial charge in [-0.2, -0.15) is 0 Å². The Labute approximate surface area is 152 Å². The van der Waals surface area contributed by atoms with Gasteiger partial charge in [0.2, 0.25) is 0 Å². The molecule has 4 heteroatoms. The first-order valence-corrected chi connectivity index (χ1v) is 8.27. The molecule has 0 aliphatic carbocycles. The molecule has 0 radical (unpaired) electrons. The maximum atomic E-state index is 12.5. The zero-order valence-corrected chi connectivity index (χ0v) is 14.6. The summed E-state index contributed by atoms with van der Waals surface area (Å²) < 4.78 is 0. The Hall–Kier alpha value is -3.40. The van der Waals surface area contributed by atoms with E-state index in [1.54, 1.807) is 30.3 Å². The van der Waals surface area contributed by atoms with Gasteiger partial charge in [0.25, 0.3) is 5.91 Å². The maximum absolute atomic E-state index is 12.5. The molecule has 2 N–H and O–H groups in total. The van der Waals surface area contributed by atoms with Gasteiger partial charge < -0.3 is 10.4 Å². The van der Waals surface area contributed by atoms with Gasteiger partial charge in [0.05, 0.1) is 11.3 Å². The SMILES string of the molecule is Cc1cccc(-c2ccc(C(=O)Nc3ccccc3C(=O)O)cc2)c1C. The number of benzene rings is 3. The predicted molar refractivity (Wildman–Crippen MR) is 103 cm³/mol. The van der Waals surface area contributed by atoms with Crippen LogP contribution in [0, 0.1) is 13.8 Å². The molecule has 0 atom stereocenters. The summed E-state index contributed by atoms with van der Waals surface area (Å²) in [6.45, 7) is 4.15. The zero-order chi connectivity index (χ0) is 18.7. The van der Waals surface area contributed by atoms with Crippen molar-refractivity contribution in [3.05, 3.63) is 89.0 Å². The lowest BCUT2D eigenvalue weighted by atomic mass is 9.96. The van der Waals surface area contributed by atoms with Gasteiger partial charge in [-0.1, -0.05) is 42.5 Å². The van der Waals surface area contributed by atoms with Crippen molar-refractivity contribution < 1.29 is 14.7 Å². The van der Waals surface area contributed by atoms with E-state index in [0.29, 0.717) is 5.56 Å². The number of carbonyl (C=O) groups excluding carboxylic acids is 1. The van der Waals surface area contributed by atoms with Crippen LogP contribution in [0.3, 0.4) is 0 Å². The number of anilines is 1. The van der Waals surface area contributed by atoms with E-state index in [-0.39, 0.29) is 17.2 Å². The zero-order valence-electron chi connectivity index (χ0n) is 14.6. The van der Waals surface area contributed by atoms with Gasteiger partial charge in [0, 0.05) is 5.56 Å². The fourth-order valence-corrected chi connectivity index (χ4v) is 2.84. The Bertz CT molecular complexity index is 975. The van der Waals surface area contributed by atoms with Crippen molar-refractivity contribution in [2.45, 2.75) is 13.8 Å². The van der Waals surface area contributed by atoms with E-state index in [1.807, 2.05) is 18.2 Å². The van der Waals surface area contributed by atoms with Crippen molar-refractivity contribution in [2.24, 2.45) is 0 Å². The van der Waals surface area contributed by atoms with Gasteiger partial charge in [0.15, 0.2) is 0 Å². The number of carboxylic acids is 1. The van der Waals surface area contributed by atoms with Crippen LogP contribution in [0.1, 0.15) is 31.8 Å². The van der Waals surface area contributed by atoms with Crippen molar-refractivity contribution in [3.8, 4) is 11.1 Å². The van der Waals surface area contributed by atoms with Crippen molar-refractivity contribution in [1.82, 2.24) is 0 Å². The minimum absolute atomic E-state index is 0.0628. The van der Waals surface area contributed by atoms with Crippen LogP contribution in [0.5, 0.6) is 0 Å². The fourth-order valence-electron chi connectivity index (χ4n) is 2.84. The number of carbonyl (C=O) groups is 2. The van der Waals surface area contributed by atoms with Crippen LogP contribution < -0.4 is 5.32 Å². The lowest BCUT2D eigenvalue weighted by Gasteiger charge is -2.11. The molecule has 1 amide bonds. The Morgan fingerprint density at radius 2 is 1.54 bits per heavy atom. The van der Waals surface area contributed by atoms with Crippen LogP contribution >= 0.6 is 0 Å². The van der Waals surface area contributed by atoms with E-state index in [4.69, 9.17) is 0 Å². The molecular formula is C22H19NO3. The van der Waals surface area contributed by atoms with Crippen LogP contribution in [0.4, 0.5) is 5.69 Å². The molecule has 0 aliphatic heterocycles. The highest BCUT2D eigenvalue weighted by Crippen LogP contribution is 2.26. The molecule has 0 fully saturated rings. The van der Waals surface area contributed by atoms with Gasteiger partial charge >= 0.3 is 5.97 Å². The molecule has 0 unspecified atom stereocenters. The van der Waals surface area contributed by atoms with Gasteiger partial charge in [0.1, 0.15) is 0 Å². The highest BCUT2D eigenvalue weighted by Gasteiger charge is 2.13. The second-order valence-electron chi connectivity index (χ2n) is 6.13. The van der Waals surface area contributed by atoms with Gasteiger partial charge in [-0.3, -0.25) is 4.79 Å². The summed E-state index contributed by atoms with van der Waals surface area (Å²) in [5, 5.41) is 11.9. The minimum atomic E-state index is -1.08. The molecule has 3 rings (SSSR count). The first-order valence-electron chi connectivity index (χ1n) is 8.27. The number of hydrogen-bond acceptors (Lipinski definition) is 2. The van der Waals surface area contributed by atoms with E-state index in [2.05, 4.69) is 31.3 Å². The molecule has 130 valence electrons. The van der Waals surface area contributed by atoms with Crippen LogP contribution in [0.25, 0.3) is 11.1 Å². The molecule has 0 saturated heterocycles. The molecular weight excluding hydrogens is 326 g/mol. The van der Waals surface area contributed by atoms with Crippen molar-refractivity contribution >= 4 is 17.6 Å². The van der Waals surface area contributed by atoms with Crippen molar-refractivity contribution in [3.63, 3.8) is 0 Å². The number of rotatable bonds is 4. The van der Waals surface area contributed by atoms with E-state index >= 15 is 0 Å². The summed E-state index contributed by atoms with van der Waals surface area (Å²) in [4.78, 5) is 23.7. The van der Waals surface area contributed by atoms with Crippen molar-refractivity contribution in [1.29, 1.82) is 0 Å². The maximum Gasteiger partial charge on any atom is 0.337 e. The third kappa shape index (κ3) is 3.49. The number of carboxylic acid groups (broad SMARTS) is 1. The standard InChI is InChI=1S/C22H19NO3/c1-14-6-5-8-18(15(14)2)16-10-12-17(13-11-16)21(24)23-20-9-4-3-7-19(20)22(25)26/h3-13H,1-2H3,(H,23,24)(H,25,26). The van der Waals surface area contributed by atoms with Crippen molar-refractivity contribution in [2.75, 3.05) is 5.32 Å². The first-order chi connectivity index (χ1) is 12.5. The van der Waals surface area contributed by atoms with Crippen LogP contribution in [-0.4, -0.2) is 17.0 Å². The molecule has 0 aliphatic rings. The molecule has 0 heterocycles. The average Bonchev–Trinajstić information content (AvgIpc) is 2.64. The number of aryl methyl sites for hydroxylation is 1. The smallest absolute Gasteiger partial charge is 0.337 e. The molecule has 3 aromatic rings. The third-order valence-electron chi connectivity index (χ3n) is 4.47. The largest absolute Gasteiger partial charge is 0.478 e. The summed E-state index contributed by atoms with van der Waals surface area (Å²) in [7, 11) is 0. The Morgan fingerprint density at radius 3 is 2.23 bits per heavy atom. The van der Waals surface area contributed by atoms with Gasteiger partial charge in [-0.05, 0) is 60.4 Å². The molecule has 26 heavy (non-hydrogen) atoms. The number of hydrogen-bond donors (Lipinski definition) is 2. The van der Waals surface area contributed by atoms with E-state index < -0.39 is 5.97 Å². The highest BCUT2D eigenvalue weighted by atomic mass is 16.4. The lowest BCUT2D eigenvalue weighted by molar-refractivity contribution is 0.0698. The Kier molecular flexibility index (Phi) is 4.85. The lowest BCUT2D eigenvalue weighted by Crippen LogP contribution is -2.14. The molecule has 0 saturated carbocycles. The second kappa shape index (κ2) is 7.23. The molecule has 0 spiro atoms. The number of nitrogens with one attached hydrogen (secondary N) is 1. The van der Waals surface area contributed by atoms with Crippen LogP contribution in [0.2, 0.25) is 0 Å². The van der Waals surface area contributed by atoms with Crippen LogP contribution in [-0.2, 0) is 0 Å². The van der Waals surface area contributed by atoms with E-state index in [0.717, 1.165) is 11.1 Å². The third-order valence-corrected chi connectivity index (χ3v) is 4.47. The fraction of sp³-hybridized carbons (Fsp3) is 0.0909. The Balaban J connectivity index is 1.84. The van der Waals surface area contributed by atoms with E-state index in [9.17, 15) is 14.7 Å². The quantitative estimate of drug-likeness (QED) is 0.705. The monoisotopic (exact) mass is 345 g/mol. The highest BCUT2D eigenvalue weighted by molar-refractivity contribution is 6.07. The number of para-hydroxylation sites is 1. The average molecular weight is 345 g/mol. The van der Waals surface area contributed by atoms with Gasteiger partial charge in [-0.15, -0.1) is 0 Å². The van der Waals surface area contributed by atoms with Gasteiger partial charge in [-0.25, -0.2) is 4.79 Å². The molecule has 0 bridgehead atoms. The topological polar surface area (TPSA) is 66.4 Å². The summed E-state index contributed by atoms with van der Waals surface area (Å²) in [5.41, 5.74) is 5.41. The minimum Gasteiger partial charge on any atom is -0.478 e. The summed E-state index contributed by atoms with van der Waals surface area (Å²) in [6.07, 6.45) is 0.